The summed E-state index contributed by atoms with van der Waals surface area (Å²) in [5.41, 5.74) is 0. The van der Waals surface area contributed by atoms with Crippen LogP contribution in [-0.2, 0) is 32.7 Å². The van der Waals surface area contributed by atoms with Crippen LogP contribution in [0.15, 0.2) is 48.6 Å². The van der Waals surface area contributed by atoms with E-state index in [4.69, 9.17) is 18.5 Å². The topological polar surface area (TPSA) is 108 Å². The molecule has 0 saturated carbocycles. The number of unbranched alkanes of at least 4 members (excludes halogenated alkanes) is 28. The van der Waals surface area contributed by atoms with Crippen molar-refractivity contribution in [2.75, 3.05) is 47.5 Å². The monoisotopic (exact) mass is 951 g/mol. The first kappa shape index (κ1) is 64.0. The van der Waals surface area contributed by atoms with Crippen LogP contribution in [0.1, 0.15) is 245 Å². The number of allylic oxidation sites excluding steroid dienone is 8. The number of carbonyl (C=O) groups is 2. The van der Waals surface area contributed by atoms with Crippen LogP contribution in [0.4, 0.5) is 0 Å². The second-order valence-electron chi connectivity index (χ2n) is 19.6. The lowest BCUT2D eigenvalue weighted by atomic mass is 10.1. The van der Waals surface area contributed by atoms with E-state index in [1.165, 1.54) is 141 Å². The molecule has 0 bridgehead atoms. The van der Waals surface area contributed by atoms with Gasteiger partial charge in [0.25, 0.3) is 0 Å². The molecule has 0 aliphatic heterocycles. The Labute approximate surface area is 407 Å². The highest BCUT2D eigenvalue weighted by Crippen LogP contribution is 2.43. The van der Waals surface area contributed by atoms with Crippen molar-refractivity contribution >= 4 is 19.8 Å². The number of carbonyl (C=O) groups excluding carboxylic acids is 2. The Bertz CT molecular complexity index is 1260. The van der Waals surface area contributed by atoms with Crippen LogP contribution >= 0.6 is 7.82 Å². The lowest BCUT2D eigenvalue weighted by Crippen LogP contribution is -2.37. The lowest BCUT2D eigenvalue weighted by molar-refractivity contribution is -0.870. The number of ether oxygens (including phenoxy) is 2. The highest BCUT2D eigenvalue weighted by molar-refractivity contribution is 7.47. The van der Waals surface area contributed by atoms with Gasteiger partial charge in [-0.1, -0.05) is 204 Å². The summed E-state index contributed by atoms with van der Waals surface area (Å²) in [6.45, 7) is 4.42. The normalized spacial score (nSPS) is 13.7. The van der Waals surface area contributed by atoms with E-state index in [1.54, 1.807) is 0 Å². The Balaban J connectivity index is 4.25. The number of rotatable bonds is 50. The van der Waals surface area contributed by atoms with Crippen molar-refractivity contribution < 1.29 is 42.1 Å². The molecule has 0 radical (unpaired) electrons. The van der Waals surface area contributed by atoms with Gasteiger partial charge in [-0.15, -0.1) is 0 Å². The maximum Gasteiger partial charge on any atom is 0.472 e. The van der Waals surface area contributed by atoms with E-state index < -0.39 is 26.5 Å². The second kappa shape index (κ2) is 48.0. The van der Waals surface area contributed by atoms with Gasteiger partial charge in [-0.05, 0) is 77.0 Å². The van der Waals surface area contributed by atoms with E-state index in [0.717, 1.165) is 70.6 Å². The Kier molecular flexibility index (Phi) is 46.5. The van der Waals surface area contributed by atoms with Crippen molar-refractivity contribution in [3.05, 3.63) is 48.6 Å². The molecule has 0 aromatic rings. The zero-order chi connectivity index (χ0) is 48.5. The highest BCUT2D eigenvalue weighted by Gasteiger charge is 2.27. The third-order valence-corrected chi connectivity index (χ3v) is 12.8. The molecule has 10 heteroatoms. The zero-order valence-electron chi connectivity index (χ0n) is 43.7. The molecule has 0 fully saturated rings. The molecule has 386 valence electrons. The summed E-state index contributed by atoms with van der Waals surface area (Å²) in [5.74, 6) is -0.809. The summed E-state index contributed by atoms with van der Waals surface area (Å²) in [6.07, 6.45) is 58.8. The number of phosphoric ester groups is 1. The molecule has 0 saturated heterocycles. The van der Waals surface area contributed by atoms with Crippen LogP contribution < -0.4 is 0 Å². The van der Waals surface area contributed by atoms with E-state index in [9.17, 15) is 19.0 Å². The quantitative estimate of drug-likeness (QED) is 0.0211. The summed E-state index contributed by atoms with van der Waals surface area (Å²) in [7, 11) is 1.47. The van der Waals surface area contributed by atoms with Crippen LogP contribution in [-0.4, -0.2) is 74.9 Å². The van der Waals surface area contributed by atoms with E-state index in [2.05, 4.69) is 62.5 Å². The van der Waals surface area contributed by atoms with Crippen molar-refractivity contribution in [2.45, 2.75) is 251 Å². The van der Waals surface area contributed by atoms with E-state index in [0.29, 0.717) is 17.4 Å². The third-order valence-electron chi connectivity index (χ3n) is 11.8. The lowest BCUT2D eigenvalue weighted by Gasteiger charge is -2.24. The minimum absolute atomic E-state index is 0.0278. The van der Waals surface area contributed by atoms with Gasteiger partial charge in [0.15, 0.2) is 6.10 Å². The number of esters is 2. The number of likely N-dealkylation sites (N-methyl/N-ethyl adjacent to an activating group) is 1. The fraction of sp³-hybridized carbons (Fsp3) is 0.821. The molecule has 0 aromatic heterocycles. The van der Waals surface area contributed by atoms with Crippen molar-refractivity contribution in [2.24, 2.45) is 0 Å². The smallest absolute Gasteiger partial charge is 0.462 e. The van der Waals surface area contributed by atoms with Gasteiger partial charge in [-0.25, -0.2) is 4.57 Å². The maximum absolute atomic E-state index is 12.8. The average molecular weight is 951 g/mol. The Morgan fingerprint density at radius 2 is 0.818 bits per heavy atom. The molecular weight excluding hydrogens is 846 g/mol. The first-order valence-electron chi connectivity index (χ1n) is 27.4. The van der Waals surface area contributed by atoms with Gasteiger partial charge >= 0.3 is 19.8 Å². The van der Waals surface area contributed by atoms with Gasteiger partial charge in [0.1, 0.15) is 19.8 Å². The largest absolute Gasteiger partial charge is 0.472 e. The van der Waals surface area contributed by atoms with Crippen LogP contribution in [0, 0.1) is 0 Å². The average Bonchev–Trinajstić information content (AvgIpc) is 3.27. The SMILES string of the molecule is CCCCCCC/C=C\C/C=C\C/C=C\CCCCCCCCC(=O)OC(COC(=O)CCCCCCCCCCC/C=C\CCCCCCCCCC)COP(=O)(O)OCC[N+](C)(C)C. The number of nitrogens with zero attached hydrogens (tertiary/aromatic N) is 1. The maximum atomic E-state index is 12.8. The Morgan fingerprint density at radius 3 is 1.23 bits per heavy atom. The molecule has 0 heterocycles. The molecule has 0 aliphatic carbocycles. The number of hydrogen-bond donors (Lipinski definition) is 1. The van der Waals surface area contributed by atoms with Crippen molar-refractivity contribution in [3.8, 4) is 0 Å². The molecule has 2 atom stereocenters. The van der Waals surface area contributed by atoms with E-state index >= 15 is 0 Å². The van der Waals surface area contributed by atoms with Crippen LogP contribution in [0.3, 0.4) is 0 Å². The third kappa shape index (κ3) is 51.4. The molecule has 66 heavy (non-hydrogen) atoms. The molecule has 0 spiro atoms. The Morgan fingerprint density at radius 1 is 0.470 bits per heavy atom. The van der Waals surface area contributed by atoms with Crippen molar-refractivity contribution in [1.29, 1.82) is 0 Å². The summed E-state index contributed by atoms with van der Waals surface area (Å²) < 4.78 is 34.5. The number of phosphoric acid groups is 1. The predicted octanol–water partition coefficient (Wildman–Crippen LogP) is 16.6. The van der Waals surface area contributed by atoms with Gasteiger partial charge in [0, 0.05) is 12.8 Å². The zero-order valence-corrected chi connectivity index (χ0v) is 44.6. The summed E-state index contributed by atoms with van der Waals surface area (Å²) in [5, 5.41) is 0. The molecule has 2 unspecified atom stereocenters. The van der Waals surface area contributed by atoms with E-state index in [1.807, 2.05) is 21.1 Å². The molecular formula is C56H105NO8P+. The predicted molar refractivity (Wildman–Crippen MR) is 280 cm³/mol. The second-order valence-corrected chi connectivity index (χ2v) is 21.1. The molecule has 0 aromatic carbocycles. The van der Waals surface area contributed by atoms with Gasteiger partial charge in [0.05, 0.1) is 27.7 Å². The molecule has 0 amide bonds. The summed E-state index contributed by atoms with van der Waals surface area (Å²) >= 11 is 0. The first-order chi connectivity index (χ1) is 32.0. The van der Waals surface area contributed by atoms with Crippen molar-refractivity contribution in [1.82, 2.24) is 0 Å². The molecule has 1 N–H and O–H groups in total. The van der Waals surface area contributed by atoms with Gasteiger partial charge in [-0.3, -0.25) is 18.6 Å². The van der Waals surface area contributed by atoms with Crippen LogP contribution in [0.2, 0.25) is 0 Å². The molecule has 0 rings (SSSR count). The van der Waals surface area contributed by atoms with Crippen LogP contribution in [0.25, 0.3) is 0 Å². The summed E-state index contributed by atoms with van der Waals surface area (Å²) in [6, 6.07) is 0. The number of hydrogen-bond acceptors (Lipinski definition) is 7. The minimum Gasteiger partial charge on any atom is -0.462 e. The fourth-order valence-electron chi connectivity index (χ4n) is 7.55. The van der Waals surface area contributed by atoms with Crippen molar-refractivity contribution in [3.63, 3.8) is 0 Å². The Hall–Kier alpha value is -2.03. The number of quaternary nitrogens is 1. The van der Waals surface area contributed by atoms with Gasteiger partial charge in [-0.2, -0.15) is 0 Å². The molecule has 0 aliphatic rings. The first-order valence-corrected chi connectivity index (χ1v) is 28.9. The standard InChI is InChI=1S/C56H104NO8P/c1-6-8-10-12-14-16-18-20-22-24-26-28-30-32-34-36-38-40-42-44-46-48-55(58)62-52-54(53-64-66(60,61)63-51-50-57(3,4)5)65-56(59)49-47-45-43-41-39-37-35-33-31-29-27-25-23-21-19-17-15-13-11-9-7-2/h19,21,24-27,31,33,54H,6-18,20,22-23,28-30,32,34-53H2,1-5H3/p+1/b21-19-,26-24-,27-25-,33-31-. The van der Waals surface area contributed by atoms with Crippen LogP contribution in [0.5, 0.6) is 0 Å². The van der Waals surface area contributed by atoms with Gasteiger partial charge in [0.2, 0.25) is 0 Å². The molecule has 9 nitrogen and oxygen atoms in total. The highest BCUT2D eigenvalue weighted by atomic mass is 31.2. The summed E-state index contributed by atoms with van der Waals surface area (Å²) in [4.78, 5) is 35.6. The minimum atomic E-state index is -4.39. The fourth-order valence-corrected chi connectivity index (χ4v) is 8.29. The van der Waals surface area contributed by atoms with Gasteiger partial charge < -0.3 is 18.9 Å². The van der Waals surface area contributed by atoms with E-state index in [-0.39, 0.29) is 32.0 Å².